The van der Waals surface area contributed by atoms with Crippen LogP contribution in [0, 0.1) is 6.57 Å². The van der Waals surface area contributed by atoms with Crippen LogP contribution in [0.2, 0.25) is 0 Å². The second kappa shape index (κ2) is 15.2. The first kappa shape index (κ1) is 36.9. The van der Waals surface area contributed by atoms with E-state index in [4.69, 9.17) is 21.5 Å². The standard InChI is InChI=1S/C58H36N6/c1-59-51-33-28-43(58-61-56(39-15-5-2-6-16-39)60-57(62-58)40-17-7-3-8-18-40)36-49(51)42-27-32-48-46-21-11-13-23-52(46)64(55(48)37-42)45-30-25-38(26-31-45)41-29-34-54-50(35-41)47-22-12-14-24-53(47)63(54)44-19-9-4-10-20-44/h2-37H. The van der Waals surface area contributed by atoms with Gasteiger partial charge in [0.1, 0.15) is 0 Å². The second-order valence-electron chi connectivity index (χ2n) is 15.9. The lowest BCUT2D eigenvalue weighted by Gasteiger charge is -2.12. The van der Waals surface area contributed by atoms with E-state index in [0.29, 0.717) is 23.2 Å². The van der Waals surface area contributed by atoms with Gasteiger partial charge in [-0.05, 0) is 76.9 Å². The summed E-state index contributed by atoms with van der Waals surface area (Å²) in [6, 6.07) is 75.8. The summed E-state index contributed by atoms with van der Waals surface area (Å²) in [6.07, 6.45) is 0. The molecule has 0 amide bonds. The van der Waals surface area contributed by atoms with Crippen LogP contribution in [0.5, 0.6) is 0 Å². The van der Waals surface area contributed by atoms with Gasteiger partial charge in [0.25, 0.3) is 0 Å². The Morgan fingerprint density at radius 1 is 0.312 bits per heavy atom. The number of hydrogen-bond donors (Lipinski definition) is 0. The van der Waals surface area contributed by atoms with Gasteiger partial charge in [-0.15, -0.1) is 0 Å². The zero-order valence-electron chi connectivity index (χ0n) is 34.5. The molecule has 0 saturated heterocycles. The first-order valence-electron chi connectivity index (χ1n) is 21.3. The predicted octanol–water partition coefficient (Wildman–Crippen LogP) is 15.0. The van der Waals surface area contributed by atoms with Crippen molar-refractivity contribution in [3.8, 4) is 67.8 Å². The number of benzene rings is 9. The third-order valence-corrected chi connectivity index (χ3v) is 12.2. The van der Waals surface area contributed by atoms with E-state index in [9.17, 15) is 0 Å². The SMILES string of the molecule is [C-]#[N+]c1ccc(-c2nc(-c3ccccc3)nc(-c3ccccc3)n2)cc1-c1ccc2c3ccccc3n(-c3ccc(-c4ccc5c(c4)c4ccccc4n5-c4ccccc4)cc3)c2c1. The van der Waals surface area contributed by atoms with Crippen molar-refractivity contribution in [3.05, 3.63) is 230 Å². The quantitative estimate of drug-likeness (QED) is 0.151. The van der Waals surface area contributed by atoms with Crippen LogP contribution in [0.3, 0.4) is 0 Å². The van der Waals surface area contributed by atoms with Gasteiger partial charge in [-0.25, -0.2) is 19.8 Å². The van der Waals surface area contributed by atoms with E-state index in [-0.39, 0.29) is 0 Å². The van der Waals surface area contributed by atoms with Gasteiger partial charge in [0, 0.05) is 49.6 Å². The van der Waals surface area contributed by atoms with Gasteiger partial charge in [0.15, 0.2) is 23.2 Å². The Balaban J connectivity index is 0.961. The van der Waals surface area contributed by atoms with Gasteiger partial charge < -0.3 is 9.13 Å². The molecule has 6 nitrogen and oxygen atoms in total. The molecule has 3 heterocycles. The molecule has 6 heteroatoms. The van der Waals surface area contributed by atoms with Crippen molar-refractivity contribution in [3.63, 3.8) is 0 Å². The van der Waals surface area contributed by atoms with Crippen LogP contribution in [0.4, 0.5) is 5.69 Å². The molecule has 0 radical (unpaired) electrons. The lowest BCUT2D eigenvalue weighted by atomic mass is 9.99. The van der Waals surface area contributed by atoms with E-state index in [2.05, 4.69) is 154 Å². The first-order chi connectivity index (χ1) is 31.7. The summed E-state index contributed by atoms with van der Waals surface area (Å²) >= 11 is 0. The second-order valence-corrected chi connectivity index (χ2v) is 15.9. The van der Waals surface area contributed by atoms with E-state index in [1.807, 2.05) is 78.9 Å². The van der Waals surface area contributed by atoms with Gasteiger partial charge in [-0.1, -0.05) is 164 Å². The van der Waals surface area contributed by atoms with Gasteiger partial charge in [0.05, 0.1) is 28.6 Å². The molecule has 298 valence electrons. The molecule has 12 aromatic rings. The van der Waals surface area contributed by atoms with Gasteiger partial charge in [-0.2, -0.15) is 0 Å². The zero-order chi connectivity index (χ0) is 42.6. The molecule has 3 aromatic heterocycles. The Hall–Kier alpha value is -8.92. The molecular weight excluding hydrogens is 781 g/mol. The number of hydrogen-bond acceptors (Lipinski definition) is 3. The third-order valence-electron chi connectivity index (χ3n) is 12.2. The molecule has 9 aromatic carbocycles. The fourth-order valence-electron chi connectivity index (χ4n) is 9.17. The highest BCUT2D eigenvalue weighted by Crippen LogP contribution is 2.40. The molecule has 0 bridgehead atoms. The van der Waals surface area contributed by atoms with Crippen LogP contribution in [0.15, 0.2) is 218 Å². The summed E-state index contributed by atoms with van der Waals surface area (Å²) in [6.45, 7) is 8.22. The summed E-state index contributed by atoms with van der Waals surface area (Å²) in [7, 11) is 0. The van der Waals surface area contributed by atoms with Gasteiger partial charge in [0.2, 0.25) is 0 Å². The van der Waals surface area contributed by atoms with Crippen molar-refractivity contribution in [2.24, 2.45) is 0 Å². The van der Waals surface area contributed by atoms with E-state index in [1.54, 1.807) is 0 Å². The van der Waals surface area contributed by atoms with Crippen LogP contribution in [-0.2, 0) is 0 Å². The molecule has 0 aliphatic rings. The fraction of sp³-hybridized carbons (Fsp3) is 0. The maximum atomic E-state index is 8.22. The molecule has 0 aliphatic carbocycles. The number of aromatic nitrogens is 5. The lowest BCUT2D eigenvalue weighted by molar-refractivity contribution is 1.07. The van der Waals surface area contributed by atoms with Crippen molar-refractivity contribution in [2.75, 3.05) is 0 Å². The van der Waals surface area contributed by atoms with Crippen LogP contribution in [0.1, 0.15) is 0 Å². The Bertz CT molecular complexity index is 3710. The minimum atomic E-state index is 0.543. The summed E-state index contributed by atoms with van der Waals surface area (Å²) in [5, 5.41) is 4.76. The van der Waals surface area contributed by atoms with E-state index < -0.39 is 0 Å². The van der Waals surface area contributed by atoms with Gasteiger partial charge in [-0.3, -0.25) is 0 Å². The average Bonchev–Trinajstić information content (AvgIpc) is 3.89. The average molecular weight is 817 g/mol. The molecule has 0 aliphatic heterocycles. The highest BCUT2D eigenvalue weighted by atomic mass is 15.0. The summed E-state index contributed by atoms with van der Waals surface area (Å²) in [5.41, 5.74) is 14.0. The van der Waals surface area contributed by atoms with Crippen LogP contribution >= 0.6 is 0 Å². The Morgan fingerprint density at radius 2 is 0.781 bits per heavy atom. The molecule has 0 saturated carbocycles. The van der Waals surface area contributed by atoms with Crippen molar-refractivity contribution >= 4 is 49.3 Å². The van der Waals surface area contributed by atoms with E-state index in [0.717, 1.165) is 66.7 Å². The molecule has 64 heavy (non-hydrogen) atoms. The van der Waals surface area contributed by atoms with Crippen molar-refractivity contribution < 1.29 is 0 Å². The van der Waals surface area contributed by atoms with Crippen LogP contribution in [0.25, 0.3) is 116 Å². The third kappa shape index (κ3) is 6.22. The summed E-state index contributed by atoms with van der Waals surface area (Å²) < 4.78 is 4.68. The predicted molar refractivity (Wildman–Crippen MR) is 262 cm³/mol. The normalized spacial score (nSPS) is 11.4. The molecule has 0 spiro atoms. The van der Waals surface area contributed by atoms with Crippen LogP contribution < -0.4 is 0 Å². The van der Waals surface area contributed by atoms with Crippen molar-refractivity contribution in [2.45, 2.75) is 0 Å². The number of para-hydroxylation sites is 3. The Labute approximate surface area is 369 Å². The lowest BCUT2D eigenvalue weighted by Crippen LogP contribution is -2.00. The maximum Gasteiger partial charge on any atom is 0.194 e. The molecule has 0 atom stereocenters. The number of rotatable bonds is 7. The highest BCUT2D eigenvalue weighted by Gasteiger charge is 2.18. The fourth-order valence-corrected chi connectivity index (χ4v) is 9.17. The number of nitrogens with zero attached hydrogens (tertiary/aromatic N) is 6. The smallest absolute Gasteiger partial charge is 0.194 e. The zero-order valence-corrected chi connectivity index (χ0v) is 34.5. The highest BCUT2D eigenvalue weighted by molar-refractivity contribution is 6.12. The Morgan fingerprint density at radius 3 is 1.42 bits per heavy atom. The van der Waals surface area contributed by atoms with Crippen molar-refractivity contribution in [1.29, 1.82) is 0 Å². The monoisotopic (exact) mass is 816 g/mol. The van der Waals surface area contributed by atoms with E-state index >= 15 is 0 Å². The molecule has 12 rings (SSSR count). The Kier molecular flexibility index (Phi) is 8.77. The minimum absolute atomic E-state index is 0.543. The first-order valence-corrected chi connectivity index (χ1v) is 21.3. The number of fused-ring (bicyclic) bond motifs is 6. The largest absolute Gasteiger partial charge is 0.309 e. The molecule has 0 fully saturated rings. The maximum absolute atomic E-state index is 8.22. The molecule has 0 N–H and O–H groups in total. The topological polar surface area (TPSA) is 52.9 Å². The van der Waals surface area contributed by atoms with Crippen molar-refractivity contribution in [1.82, 2.24) is 24.1 Å². The minimum Gasteiger partial charge on any atom is -0.309 e. The molecule has 0 unspecified atom stereocenters. The van der Waals surface area contributed by atoms with Crippen LogP contribution in [-0.4, -0.2) is 24.1 Å². The molecular formula is C58H36N6. The van der Waals surface area contributed by atoms with Gasteiger partial charge >= 0.3 is 0 Å². The summed E-state index contributed by atoms with van der Waals surface area (Å²) in [4.78, 5) is 18.9. The summed E-state index contributed by atoms with van der Waals surface area (Å²) in [5.74, 6) is 1.73. The van der Waals surface area contributed by atoms with E-state index in [1.165, 1.54) is 27.2 Å².